The zero-order valence-corrected chi connectivity index (χ0v) is 13.5. The third-order valence-corrected chi connectivity index (χ3v) is 4.95. The summed E-state index contributed by atoms with van der Waals surface area (Å²) < 4.78 is 64.8. The van der Waals surface area contributed by atoms with Crippen molar-refractivity contribution in [2.75, 3.05) is 19.4 Å². The number of sulfonamides is 1. The lowest BCUT2D eigenvalue weighted by atomic mass is 10.2. The minimum atomic E-state index is -3.86. The van der Waals surface area contributed by atoms with Gasteiger partial charge in [0, 0.05) is 25.8 Å². The Morgan fingerprint density at radius 2 is 1.58 bits per heavy atom. The molecular formula is C15H13F3N2O3S. The average Bonchev–Trinajstić information content (AvgIpc) is 2.51. The molecule has 0 saturated carbocycles. The van der Waals surface area contributed by atoms with Crippen molar-refractivity contribution in [3.8, 4) is 0 Å². The summed E-state index contributed by atoms with van der Waals surface area (Å²) in [6.07, 6.45) is 0. The van der Waals surface area contributed by atoms with Gasteiger partial charge in [-0.25, -0.2) is 25.9 Å². The van der Waals surface area contributed by atoms with Gasteiger partial charge in [0.1, 0.15) is 5.82 Å². The van der Waals surface area contributed by atoms with Crippen molar-refractivity contribution < 1.29 is 26.4 Å². The number of hydrogen-bond donors (Lipinski definition) is 1. The van der Waals surface area contributed by atoms with E-state index in [1.54, 1.807) is 0 Å². The van der Waals surface area contributed by atoms with E-state index in [0.717, 1.165) is 40.7 Å². The SMILES string of the molecule is CN(C)S(=O)(=O)c1ccc(F)c(C(=O)Nc2ccc(F)c(F)c2)c1. The first-order valence-corrected chi connectivity index (χ1v) is 8.05. The molecule has 0 aliphatic rings. The first-order chi connectivity index (χ1) is 11.1. The third kappa shape index (κ3) is 3.57. The van der Waals surface area contributed by atoms with E-state index in [9.17, 15) is 26.4 Å². The molecule has 2 aromatic carbocycles. The highest BCUT2D eigenvalue weighted by Gasteiger charge is 2.21. The van der Waals surface area contributed by atoms with Crippen molar-refractivity contribution in [2.24, 2.45) is 0 Å². The molecule has 0 aliphatic heterocycles. The van der Waals surface area contributed by atoms with Gasteiger partial charge >= 0.3 is 0 Å². The number of carbonyl (C=O) groups is 1. The Labute approximate surface area is 136 Å². The summed E-state index contributed by atoms with van der Waals surface area (Å²) in [6.45, 7) is 0. The number of rotatable bonds is 4. The maximum atomic E-state index is 13.9. The molecule has 5 nitrogen and oxygen atoms in total. The first-order valence-electron chi connectivity index (χ1n) is 6.61. The zero-order chi connectivity index (χ0) is 18.1. The maximum absolute atomic E-state index is 13.9. The molecule has 24 heavy (non-hydrogen) atoms. The molecule has 0 bridgehead atoms. The van der Waals surface area contributed by atoms with Crippen LogP contribution in [0.4, 0.5) is 18.9 Å². The topological polar surface area (TPSA) is 66.5 Å². The number of carbonyl (C=O) groups excluding carboxylic acids is 1. The minimum absolute atomic E-state index is 0.0980. The van der Waals surface area contributed by atoms with Crippen molar-refractivity contribution in [1.82, 2.24) is 4.31 Å². The van der Waals surface area contributed by atoms with Gasteiger partial charge in [-0.2, -0.15) is 0 Å². The molecule has 0 saturated heterocycles. The molecule has 128 valence electrons. The van der Waals surface area contributed by atoms with Crippen LogP contribution in [-0.4, -0.2) is 32.7 Å². The largest absolute Gasteiger partial charge is 0.322 e. The van der Waals surface area contributed by atoms with E-state index in [0.29, 0.717) is 0 Å². The highest BCUT2D eigenvalue weighted by Crippen LogP contribution is 2.20. The van der Waals surface area contributed by atoms with Gasteiger partial charge in [0.15, 0.2) is 11.6 Å². The summed E-state index contributed by atoms with van der Waals surface area (Å²) in [4.78, 5) is 11.8. The molecule has 0 aliphatic carbocycles. The Bertz CT molecular complexity index is 899. The van der Waals surface area contributed by atoms with E-state index >= 15 is 0 Å². The van der Waals surface area contributed by atoms with Crippen LogP contribution in [0.1, 0.15) is 10.4 Å². The molecule has 0 radical (unpaired) electrons. The van der Waals surface area contributed by atoms with E-state index in [2.05, 4.69) is 5.32 Å². The van der Waals surface area contributed by atoms with E-state index in [1.807, 2.05) is 0 Å². The summed E-state index contributed by atoms with van der Waals surface area (Å²) in [5.41, 5.74) is -0.637. The summed E-state index contributed by atoms with van der Waals surface area (Å²) >= 11 is 0. The fourth-order valence-electron chi connectivity index (χ4n) is 1.82. The van der Waals surface area contributed by atoms with Crippen molar-refractivity contribution in [3.63, 3.8) is 0 Å². The number of nitrogens with zero attached hydrogens (tertiary/aromatic N) is 1. The number of halogens is 3. The highest BCUT2D eigenvalue weighted by molar-refractivity contribution is 7.89. The van der Waals surface area contributed by atoms with Crippen LogP contribution in [0.2, 0.25) is 0 Å². The van der Waals surface area contributed by atoms with E-state index in [1.165, 1.54) is 14.1 Å². The van der Waals surface area contributed by atoms with Gasteiger partial charge in [0.05, 0.1) is 10.5 Å². The van der Waals surface area contributed by atoms with Crippen LogP contribution in [0.15, 0.2) is 41.3 Å². The lowest BCUT2D eigenvalue weighted by Crippen LogP contribution is -2.23. The summed E-state index contributed by atoms with van der Waals surface area (Å²) in [5, 5.41) is 2.18. The van der Waals surface area contributed by atoms with Crippen molar-refractivity contribution in [3.05, 3.63) is 59.4 Å². The van der Waals surface area contributed by atoms with Crippen LogP contribution in [0.3, 0.4) is 0 Å². The fourth-order valence-corrected chi connectivity index (χ4v) is 2.75. The quantitative estimate of drug-likeness (QED) is 0.914. The van der Waals surface area contributed by atoms with Gasteiger partial charge in [-0.1, -0.05) is 0 Å². The second kappa shape index (κ2) is 6.62. The second-order valence-corrected chi connectivity index (χ2v) is 7.16. The smallest absolute Gasteiger partial charge is 0.258 e. The lowest BCUT2D eigenvalue weighted by molar-refractivity contribution is 0.102. The van der Waals surface area contributed by atoms with Crippen LogP contribution >= 0.6 is 0 Å². The van der Waals surface area contributed by atoms with Crippen molar-refractivity contribution in [2.45, 2.75) is 4.90 Å². The monoisotopic (exact) mass is 358 g/mol. The Morgan fingerprint density at radius 3 is 2.17 bits per heavy atom. The molecule has 0 heterocycles. The highest BCUT2D eigenvalue weighted by atomic mass is 32.2. The number of anilines is 1. The molecule has 0 unspecified atom stereocenters. The van der Waals surface area contributed by atoms with Crippen LogP contribution in [0.25, 0.3) is 0 Å². The van der Waals surface area contributed by atoms with Crippen LogP contribution in [0, 0.1) is 17.5 Å². The van der Waals surface area contributed by atoms with Gasteiger partial charge in [-0.15, -0.1) is 0 Å². The Kier molecular flexibility index (Phi) is 4.95. The number of amides is 1. The van der Waals surface area contributed by atoms with Gasteiger partial charge < -0.3 is 5.32 Å². The van der Waals surface area contributed by atoms with Crippen molar-refractivity contribution >= 4 is 21.6 Å². The van der Waals surface area contributed by atoms with E-state index in [4.69, 9.17) is 0 Å². The molecule has 0 fully saturated rings. The molecule has 0 aromatic heterocycles. The molecule has 1 N–H and O–H groups in total. The Morgan fingerprint density at radius 1 is 0.958 bits per heavy atom. The summed E-state index contributed by atoms with van der Waals surface area (Å²) in [7, 11) is -1.27. The average molecular weight is 358 g/mol. The molecule has 2 rings (SSSR count). The standard InChI is InChI=1S/C15H13F3N2O3S/c1-20(2)24(22,23)10-4-6-12(16)11(8-10)15(21)19-9-3-5-13(17)14(18)7-9/h3-8H,1-2H3,(H,19,21). The maximum Gasteiger partial charge on any atom is 0.258 e. The van der Waals surface area contributed by atoms with Gasteiger partial charge in [-0.3, -0.25) is 4.79 Å². The van der Waals surface area contributed by atoms with Gasteiger partial charge in [0.2, 0.25) is 10.0 Å². The lowest BCUT2D eigenvalue weighted by Gasteiger charge is -2.13. The van der Waals surface area contributed by atoms with Gasteiger partial charge in [-0.05, 0) is 30.3 Å². The minimum Gasteiger partial charge on any atom is -0.322 e. The van der Waals surface area contributed by atoms with E-state index in [-0.39, 0.29) is 10.6 Å². The molecule has 9 heteroatoms. The van der Waals surface area contributed by atoms with Crippen molar-refractivity contribution in [1.29, 1.82) is 0 Å². The van der Waals surface area contributed by atoms with Gasteiger partial charge in [0.25, 0.3) is 5.91 Å². The summed E-state index contributed by atoms with van der Waals surface area (Å²) in [5.74, 6) is -4.22. The molecule has 1 amide bonds. The Hall–Kier alpha value is -2.39. The number of hydrogen-bond acceptors (Lipinski definition) is 3. The van der Waals surface area contributed by atoms with E-state index < -0.39 is 38.9 Å². The molecular weight excluding hydrogens is 345 g/mol. The van der Waals surface area contributed by atoms with Crippen LogP contribution in [-0.2, 0) is 10.0 Å². The summed E-state index contributed by atoms with van der Waals surface area (Å²) in [6, 6.07) is 5.36. The fraction of sp³-hybridized carbons (Fsp3) is 0.133. The molecule has 2 aromatic rings. The second-order valence-electron chi connectivity index (χ2n) is 5.01. The number of benzene rings is 2. The molecule has 0 spiro atoms. The molecule has 0 atom stereocenters. The van der Waals surface area contributed by atoms with Crippen LogP contribution < -0.4 is 5.32 Å². The zero-order valence-electron chi connectivity index (χ0n) is 12.7. The van der Waals surface area contributed by atoms with Crippen LogP contribution in [0.5, 0.6) is 0 Å². The predicted octanol–water partition coefficient (Wildman–Crippen LogP) is 2.61. The Balaban J connectivity index is 2.37. The predicted molar refractivity (Wildman–Crippen MR) is 81.6 cm³/mol. The first kappa shape index (κ1) is 18.0. The number of nitrogens with one attached hydrogen (secondary N) is 1. The normalized spacial score (nSPS) is 11.6. The third-order valence-electron chi connectivity index (χ3n) is 3.14.